The number of hydrogen-bond acceptors (Lipinski definition) is 3. The van der Waals surface area contributed by atoms with Crippen molar-refractivity contribution >= 4 is 11.9 Å². The van der Waals surface area contributed by atoms with E-state index < -0.39 is 0 Å². The van der Waals surface area contributed by atoms with Crippen LogP contribution in [0, 0.1) is 0 Å². The average molecular weight is 326 g/mol. The standard InChI is InChI=1S/C17H35N5O/c1-6-10-22-11-8-15(9-12-22)20-17(19-14(3)7-2)18-13-16(23)21(4)5/h14-15H,6-13H2,1-5H3,(H2,18,19,20). The molecule has 0 spiro atoms. The Kier molecular flexibility index (Phi) is 8.99. The highest BCUT2D eigenvalue weighted by atomic mass is 16.2. The van der Waals surface area contributed by atoms with E-state index in [1.807, 2.05) is 0 Å². The molecule has 0 radical (unpaired) electrons. The Morgan fingerprint density at radius 2 is 1.96 bits per heavy atom. The molecule has 0 aromatic carbocycles. The summed E-state index contributed by atoms with van der Waals surface area (Å²) in [4.78, 5) is 20.3. The van der Waals surface area contributed by atoms with Gasteiger partial charge >= 0.3 is 0 Å². The summed E-state index contributed by atoms with van der Waals surface area (Å²) in [6, 6.07) is 0.781. The number of guanidine groups is 1. The lowest BCUT2D eigenvalue weighted by Crippen LogP contribution is -2.50. The third kappa shape index (κ3) is 7.68. The second-order valence-corrected chi connectivity index (χ2v) is 6.67. The third-order valence-corrected chi connectivity index (χ3v) is 4.33. The Bertz CT molecular complexity index is 375. The van der Waals surface area contributed by atoms with Gasteiger partial charge in [0.05, 0.1) is 0 Å². The topological polar surface area (TPSA) is 60.0 Å². The summed E-state index contributed by atoms with van der Waals surface area (Å²) < 4.78 is 0. The van der Waals surface area contributed by atoms with Gasteiger partial charge in [-0.05, 0) is 39.2 Å². The van der Waals surface area contributed by atoms with E-state index in [0.717, 1.165) is 38.3 Å². The van der Waals surface area contributed by atoms with Gasteiger partial charge in [0.2, 0.25) is 5.91 Å². The van der Waals surface area contributed by atoms with E-state index in [0.29, 0.717) is 12.1 Å². The molecule has 1 atom stereocenters. The summed E-state index contributed by atoms with van der Waals surface area (Å²) in [5, 5.41) is 6.92. The van der Waals surface area contributed by atoms with Crippen LogP contribution in [0.5, 0.6) is 0 Å². The van der Waals surface area contributed by atoms with Crippen molar-refractivity contribution in [2.24, 2.45) is 4.99 Å². The molecule has 0 saturated carbocycles. The maximum Gasteiger partial charge on any atom is 0.243 e. The van der Waals surface area contributed by atoms with E-state index >= 15 is 0 Å². The number of carbonyl (C=O) groups excluding carboxylic acids is 1. The Morgan fingerprint density at radius 3 is 2.48 bits per heavy atom. The lowest BCUT2D eigenvalue weighted by Gasteiger charge is -2.33. The van der Waals surface area contributed by atoms with Crippen LogP contribution in [0.15, 0.2) is 4.99 Å². The number of rotatable bonds is 7. The van der Waals surface area contributed by atoms with Gasteiger partial charge in [-0.1, -0.05) is 13.8 Å². The van der Waals surface area contributed by atoms with Gasteiger partial charge in [0.15, 0.2) is 5.96 Å². The van der Waals surface area contributed by atoms with Gasteiger partial charge in [-0.25, -0.2) is 4.99 Å². The van der Waals surface area contributed by atoms with Crippen LogP contribution in [0.1, 0.15) is 46.5 Å². The van der Waals surface area contributed by atoms with Crippen molar-refractivity contribution in [1.29, 1.82) is 0 Å². The minimum Gasteiger partial charge on any atom is -0.354 e. The van der Waals surface area contributed by atoms with Gasteiger partial charge < -0.3 is 20.4 Å². The largest absolute Gasteiger partial charge is 0.354 e. The second-order valence-electron chi connectivity index (χ2n) is 6.67. The van der Waals surface area contributed by atoms with E-state index in [1.54, 1.807) is 19.0 Å². The first-order valence-corrected chi connectivity index (χ1v) is 8.96. The molecular formula is C17H35N5O. The number of likely N-dealkylation sites (tertiary alicyclic amines) is 1. The SMILES string of the molecule is CCCN1CCC(NC(=NCC(=O)N(C)C)NC(C)CC)CC1. The van der Waals surface area contributed by atoms with E-state index in [4.69, 9.17) is 0 Å². The van der Waals surface area contributed by atoms with E-state index in [1.165, 1.54) is 13.0 Å². The van der Waals surface area contributed by atoms with Gasteiger partial charge in [-0.3, -0.25) is 4.79 Å². The van der Waals surface area contributed by atoms with E-state index in [9.17, 15) is 4.79 Å². The summed E-state index contributed by atoms with van der Waals surface area (Å²) >= 11 is 0. The van der Waals surface area contributed by atoms with Crippen LogP contribution in [0.4, 0.5) is 0 Å². The molecule has 0 aromatic heterocycles. The fourth-order valence-corrected chi connectivity index (χ4v) is 2.57. The summed E-state index contributed by atoms with van der Waals surface area (Å²) in [6.45, 7) is 10.2. The fourth-order valence-electron chi connectivity index (χ4n) is 2.57. The van der Waals surface area contributed by atoms with Crippen molar-refractivity contribution in [2.75, 3.05) is 40.3 Å². The van der Waals surface area contributed by atoms with Gasteiger partial charge in [0.1, 0.15) is 6.54 Å². The molecule has 6 heteroatoms. The molecule has 0 bridgehead atoms. The Morgan fingerprint density at radius 1 is 1.30 bits per heavy atom. The van der Waals surface area contributed by atoms with Crippen molar-refractivity contribution in [3.8, 4) is 0 Å². The number of hydrogen-bond donors (Lipinski definition) is 2. The van der Waals surface area contributed by atoms with Crippen molar-refractivity contribution < 1.29 is 4.79 Å². The Labute approximate surface area is 141 Å². The van der Waals surface area contributed by atoms with Gasteiger partial charge in [0.25, 0.3) is 0 Å². The molecule has 23 heavy (non-hydrogen) atoms. The Hall–Kier alpha value is -1.30. The van der Waals surface area contributed by atoms with Crippen LogP contribution >= 0.6 is 0 Å². The minimum atomic E-state index is 0.0213. The zero-order chi connectivity index (χ0) is 17.2. The van der Waals surface area contributed by atoms with Crippen LogP contribution in [0.3, 0.4) is 0 Å². The minimum absolute atomic E-state index is 0.0213. The van der Waals surface area contributed by atoms with Gasteiger partial charge in [-0.2, -0.15) is 0 Å². The molecular weight excluding hydrogens is 290 g/mol. The van der Waals surface area contributed by atoms with E-state index in [2.05, 4.69) is 41.3 Å². The van der Waals surface area contributed by atoms with E-state index in [-0.39, 0.29) is 12.5 Å². The molecule has 2 N–H and O–H groups in total. The second kappa shape index (κ2) is 10.5. The zero-order valence-corrected chi connectivity index (χ0v) is 15.6. The lowest BCUT2D eigenvalue weighted by atomic mass is 10.1. The van der Waals surface area contributed by atoms with Crippen LogP contribution < -0.4 is 10.6 Å². The van der Waals surface area contributed by atoms with Crippen LogP contribution in [-0.4, -0.2) is 74.0 Å². The number of likely N-dealkylation sites (N-methyl/N-ethyl adjacent to an activating group) is 1. The summed E-state index contributed by atoms with van der Waals surface area (Å²) in [7, 11) is 3.52. The number of nitrogens with one attached hydrogen (secondary N) is 2. The van der Waals surface area contributed by atoms with Gasteiger partial charge in [-0.15, -0.1) is 0 Å². The molecule has 1 fully saturated rings. The van der Waals surface area contributed by atoms with Crippen molar-refractivity contribution in [3.05, 3.63) is 0 Å². The summed E-state index contributed by atoms with van der Waals surface area (Å²) in [6.07, 6.45) is 4.50. The quantitative estimate of drug-likeness (QED) is 0.547. The molecule has 1 saturated heterocycles. The van der Waals surface area contributed by atoms with Crippen molar-refractivity contribution in [3.63, 3.8) is 0 Å². The number of aliphatic imine (C=N–C) groups is 1. The number of carbonyl (C=O) groups is 1. The molecule has 1 unspecified atom stereocenters. The first-order chi connectivity index (χ1) is 11.0. The molecule has 1 rings (SSSR count). The number of piperidine rings is 1. The monoisotopic (exact) mass is 325 g/mol. The predicted molar refractivity (Wildman–Crippen MR) is 96.8 cm³/mol. The third-order valence-electron chi connectivity index (χ3n) is 4.33. The normalized spacial score (nSPS) is 18.6. The predicted octanol–water partition coefficient (Wildman–Crippen LogP) is 1.28. The molecule has 0 aliphatic carbocycles. The van der Waals surface area contributed by atoms with Crippen molar-refractivity contribution in [1.82, 2.24) is 20.4 Å². The van der Waals surface area contributed by atoms with Crippen LogP contribution in [0.2, 0.25) is 0 Å². The van der Waals surface area contributed by atoms with Crippen LogP contribution in [0.25, 0.3) is 0 Å². The average Bonchev–Trinajstić information content (AvgIpc) is 2.54. The summed E-state index contributed by atoms with van der Waals surface area (Å²) in [5.41, 5.74) is 0. The highest BCUT2D eigenvalue weighted by molar-refractivity contribution is 5.85. The highest BCUT2D eigenvalue weighted by Crippen LogP contribution is 2.10. The maximum absolute atomic E-state index is 11.8. The molecule has 0 aromatic rings. The summed E-state index contributed by atoms with van der Waals surface area (Å²) in [5.74, 6) is 0.788. The molecule has 6 nitrogen and oxygen atoms in total. The Balaban J connectivity index is 2.55. The maximum atomic E-state index is 11.8. The zero-order valence-electron chi connectivity index (χ0n) is 15.6. The first-order valence-electron chi connectivity index (χ1n) is 8.96. The van der Waals surface area contributed by atoms with Gasteiger partial charge in [0, 0.05) is 39.3 Å². The number of nitrogens with zero attached hydrogens (tertiary/aromatic N) is 3. The molecule has 1 amide bonds. The smallest absolute Gasteiger partial charge is 0.243 e. The molecule has 1 heterocycles. The van der Waals surface area contributed by atoms with Crippen molar-refractivity contribution in [2.45, 2.75) is 58.5 Å². The lowest BCUT2D eigenvalue weighted by molar-refractivity contribution is -0.127. The number of amides is 1. The van der Waals surface area contributed by atoms with Crippen LogP contribution in [-0.2, 0) is 4.79 Å². The molecule has 1 aliphatic rings. The first kappa shape index (κ1) is 19.7. The highest BCUT2D eigenvalue weighted by Gasteiger charge is 2.20. The molecule has 134 valence electrons. The fraction of sp³-hybridized carbons (Fsp3) is 0.882. The molecule has 1 aliphatic heterocycles.